The highest BCUT2D eigenvalue weighted by Crippen LogP contribution is 2.39. The Labute approximate surface area is 205 Å². The van der Waals surface area contributed by atoms with Gasteiger partial charge < -0.3 is 35.5 Å². The van der Waals surface area contributed by atoms with Gasteiger partial charge in [0.2, 0.25) is 0 Å². The highest BCUT2D eigenvalue weighted by molar-refractivity contribution is 7.51. The van der Waals surface area contributed by atoms with E-state index >= 15 is 0 Å². The van der Waals surface area contributed by atoms with Crippen molar-refractivity contribution in [1.82, 2.24) is 9.80 Å². The van der Waals surface area contributed by atoms with Gasteiger partial charge in [0.05, 0.1) is 0 Å². The average Bonchev–Trinajstić information content (AvgIpc) is 2.74. The molecule has 0 saturated carbocycles. The predicted molar refractivity (Wildman–Crippen MR) is 133 cm³/mol. The number of benzene rings is 2. The van der Waals surface area contributed by atoms with E-state index in [0.717, 1.165) is 0 Å². The maximum absolute atomic E-state index is 12.0. The van der Waals surface area contributed by atoms with Crippen LogP contribution in [-0.4, -0.2) is 71.3 Å². The molecule has 0 bridgehead atoms. The summed E-state index contributed by atoms with van der Waals surface area (Å²) >= 11 is 0. The van der Waals surface area contributed by atoms with Crippen molar-refractivity contribution in [1.29, 1.82) is 0 Å². The van der Waals surface area contributed by atoms with Gasteiger partial charge in [-0.15, -0.1) is 0 Å². The molecule has 0 saturated heterocycles. The van der Waals surface area contributed by atoms with Crippen LogP contribution >= 0.6 is 15.2 Å². The molecule has 8 N–H and O–H groups in total. The van der Waals surface area contributed by atoms with Crippen molar-refractivity contribution < 1.29 is 38.9 Å². The van der Waals surface area contributed by atoms with Crippen LogP contribution in [-0.2, 0) is 22.2 Å². The normalized spacial score (nSPS) is 13.5. The zero-order chi connectivity index (χ0) is 26.1. The van der Waals surface area contributed by atoms with Gasteiger partial charge >= 0.3 is 15.2 Å². The molecule has 0 aliphatic carbocycles. The fourth-order valence-electron chi connectivity index (χ4n) is 3.92. The summed E-state index contributed by atoms with van der Waals surface area (Å²) in [5.41, 5.74) is 6.55. The molecular formula is C22H35N3O8P2. The number of aromatic hydroxyl groups is 2. The number of rotatable bonds is 15. The van der Waals surface area contributed by atoms with Crippen molar-refractivity contribution >= 4 is 15.2 Å². The highest BCUT2D eigenvalue weighted by atomic mass is 31.2. The molecule has 0 fully saturated rings. The number of unbranched alkanes of at least 4 members (excludes halogenated alkanes) is 1. The summed E-state index contributed by atoms with van der Waals surface area (Å²) < 4.78 is 23.9. The second kappa shape index (κ2) is 13.5. The van der Waals surface area contributed by atoms with E-state index in [1.807, 2.05) is 0 Å². The molecule has 0 spiro atoms. The van der Waals surface area contributed by atoms with Crippen LogP contribution in [0, 0.1) is 0 Å². The van der Waals surface area contributed by atoms with Gasteiger partial charge in [0.25, 0.3) is 0 Å². The average molecular weight is 531 g/mol. The summed E-state index contributed by atoms with van der Waals surface area (Å²) in [5.74, 6) is -0.0469. The van der Waals surface area contributed by atoms with E-state index in [-0.39, 0.29) is 31.1 Å². The second-order valence-electron chi connectivity index (χ2n) is 8.57. The van der Waals surface area contributed by atoms with E-state index in [4.69, 9.17) is 5.73 Å². The van der Waals surface area contributed by atoms with Gasteiger partial charge in [-0.1, -0.05) is 42.8 Å². The third-order valence-electron chi connectivity index (χ3n) is 5.48. The van der Waals surface area contributed by atoms with Crippen LogP contribution in [0.1, 0.15) is 30.4 Å². The lowest BCUT2D eigenvalue weighted by Gasteiger charge is -2.36. The highest BCUT2D eigenvalue weighted by Gasteiger charge is 2.30. The number of para-hydroxylation sites is 2. The number of nitrogens with zero attached hydrogens (tertiary/aromatic N) is 2. The van der Waals surface area contributed by atoms with E-state index in [9.17, 15) is 38.9 Å². The summed E-state index contributed by atoms with van der Waals surface area (Å²) in [6, 6.07) is 12.4. The maximum Gasteiger partial charge on any atom is 0.339 e. The minimum atomic E-state index is -4.52. The first-order chi connectivity index (χ1) is 16.4. The second-order valence-corrected chi connectivity index (χ2v) is 11.8. The number of phenolic OH excluding ortho intramolecular Hbond substituents is 2. The van der Waals surface area contributed by atoms with Crippen molar-refractivity contribution in [2.24, 2.45) is 5.73 Å². The Morgan fingerprint density at radius 3 is 1.77 bits per heavy atom. The van der Waals surface area contributed by atoms with Crippen molar-refractivity contribution in [2.75, 3.05) is 25.7 Å². The third kappa shape index (κ3) is 11.2. The van der Waals surface area contributed by atoms with Crippen molar-refractivity contribution in [3.8, 4) is 11.5 Å². The molecular weight excluding hydrogens is 496 g/mol. The molecule has 1 atom stereocenters. The Bertz CT molecular complexity index is 1030. The first kappa shape index (κ1) is 29.5. The van der Waals surface area contributed by atoms with Crippen molar-refractivity contribution in [2.45, 2.75) is 38.4 Å². The largest absolute Gasteiger partial charge is 0.508 e. The zero-order valence-corrected chi connectivity index (χ0v) is 21.2. The van der Waals surface area contributed by atoms with E-state index in [1.165, 1.54) is 21.9 Å². The lowest BCUT2D eigenvalue weighted by Crippen LogP contribution is -2.44. The van der Waals surface area contributed by atoms with Gasteiger partial charge in [-0.05, 0) is 31.5 Å². The standard InChI is InChI=1S/C22H35N3O8P2/c23-12-6-5-9-20(25(17-35(31,32)33)14-19-8-2-4-11-22(19)27)15-24(16-34(28,29)30)13-18-7-1-3-10-21(18)26/h1-4,7-8,10-11,20,26-27H,5-6,9,12-17,23H2,(H2,28,29,30)(H2,31,32,33). The summed E-state index contributed by atoms with van der Waals surface area (Å²) in [7, 11) is -9.01. The zero-order valence-electron chi connectivity index (χ0n) is 19.4. The molecule has 0 aromatic heterocycles. The molecule has 11 nitrogen and oxygen atoms in total. The van der Waals surface area contributed by atoms with Crippen LogP contribution in [0.2, 0.25) is 0 Å². The molecule has 2 aromatic rings. The minimum Gasteiger partial charge on any atom is -0.508 e. The van der Waals surface area contributed by atoms with Gasteiger partial charge in [-0.3, -0.25) is 18.9 Å². The Kier molecular flexibility index (Phi) is 11.4. The lowest BCUT2D eigenvalue weighted by molar-refractivity contribution is 0.133. The fraction of sp³-hybridized carbons (Fsp3) is 0.455. The van der Waals surface area contributed by atoms with Gasteiger partial charge in [-0.25, -0.2) is 0 Å². The number of nitrogens with two attached hydrogens (primary N) is 1. The minimum absolute atomic E-state index is 0.0193. The van der Waals surface area contributed by atoms with Crippen LogP contribution in [0.5, 0.6) is 11.5 Å². The van der Waals surface area contributed by atoms with Crippen molar-refractivity contribution in [3.63, 3.8) is 0 Å². The van der Waals surface area contributed by atoms with E-state index in [0.29, 0.717) is 36.9 Å². The van der Waals surface area contributed by atoms with Crippen LogP contribution in [0.25, 0.3) is 0 Å². The summed E-state index contributed by atoms with van der Waals surface area (Å²) in [5, 5.41) is 20.4. The van der Waals surface area contributed by atoms with Crippen LogP contribution < -0.4 is 5.73 Å². The van der Waals surface area contributed by atoms with Gasteiger partial charge in [0.1, 0.15) is 24.1 Å². The number of hydrogen-bond donors (Lipinski definition) is 7. The summed E-state index contributed by atoms with van der Waals surface area (Å²) in [6.07, 6.45) is 0.530. The molecule has 0 aliphatic rings. The molecule has 2 rings (SSSR count). The molecule has 35 heavy (non-hydrogen) atoms. The topological polar surface area (TPSA) is 188 Å². The Morgan fingerprint density at radius 2 is 1.29 bits per heavy atom. The quantitative estimate of drug-likeness (QED) is 0.132. The van der Waals surface area contributed by atoms with E-state index in [1.54, 1.807) is 36.4 Å². The van der Waals surface area contributed by atoms with Gasteiger partial charge in [0, 0.05) is 36.8 Å². The Morgan fingerprint density at radius 1 is 0.771 bits per heavy atom. The maximum atomic E-state index is 12.0. The number of phenols is 2. The summed E-state index contributed by atoms with van der Waals surface area (Å²) in [6.45, 7) is 0.517. The molecule has 2 aromatic carbocycles. The number of hydrogen-bond acceptors (Lipinski definition) is 7. The molecule has 0 amide bonds. The molecule has 0 heterocycles. The molecule has 196 valence electrons. The fourth-order valence-corrected chi connectivity index (χ4v) is 5.47. The summed E-state index contributed by atoms with van der Waals surface area (Å²) in [4.78, 5) is 41.9. The van der Waals surface area contributed by atoms with Gasteiger partial charge in [0.15, 0.2) is 0 Å². The molecule has 0 aliphatic heterocycles. The SMILES string of the molecule is NCCCCC(CN(Cc1ccccc1O)CP(=O)(O)O)N(Cc1ccccc1O)CP(=O)(O)O. The van der Waals surface area contributed by atoms with Crippen LogP contribution in [0.15, 0.2) is 48.5 Å². The first-order valence-corrected chi connectivity index (χ1v) is 14.8. The predicted octanol–water partition coefficient (Wildman–Crippen LogP) is 2.17. The lowest BCUT2D eigenvalue weighted by atomic mass is 10.1. The molecule has 13 heteroatoms. The van der Waals surface area contributed by atoms with Crippen LogP contribution in [0.4, 0.5) is 0 Å². The Hall–Kier alpha value is -1.78. The monoisotopic (exact) mass is 531 g/mol. The van der Waals surface area contributed by atoms with Gasteiger partial charge in [-0.2, -0.15) is 0 Å². The van der Waals surface area contributed by atoms with E-state index in [2.05, 4.69) is 0 Å². The van der Waals surface area contributed by atoms with Crippen LogP contribution in [0.3, 0.4) is 0 Å². The Balaban J connectivity index is 2.39. The molecule has 1 unspecified atom stereocenters. The first-order valence-electron chi connectivity index (χ1n) is 11.2. The van der Waals surface area contributed by atoms with E-state index < -0.39 is 33.8 Å². The smallest absolute Gasteiger partial charge is 0.339 e. The van der Waals surface area contributed by atoms with Crippen molar-refractivity contribution in [3.05, 3.63) is 59.7 Å². The molecule has 0 radical (unpaired) electrons. The third-order valence-corrected chi connectivity index (χ3v) is 6.98.